The van der Waals surface area contributed by atoms with Gasteiger partial charge in [-0.1, -0.05) is 18.3 Å². The molecule has 10 heteroatoms. The molecule has 3 aromatic rings. The van der Waals surface area contributed by atoms with Crippen molar-refractivity contribution < 1.29 is 27.5 Å². The molecule has 0 aliphatic carbocycles. The molecule has 0 unspecified atom stereocenters. The van der Waals surface area contributed by atoms with E-state index in [0.29, 0.717) is 40.3 Å². The molecule has 6 nitrogen and oxygen atoms in total. The van der Waals surface area contributed by atoms with E-state index >= 15 is 0 Å². The first-order chi connectivity index (χ1) is 14.7. The van der Waals surface area contributed by atoms with Gasteiger partial charge in [-0.2, -0.15) is 13.2 Å². The fraction of sp³-hybridized carbons (Fsp3) is 0.286. The van der Waals surface area contributed by atoms with E-state index in [1.54, 1.807) is 29.2 Å². The SMILES string of the molecule is CCC(=O)N1CCc2cc(C(=O)Nc3nc4ccc(OCC(F)(F)F)cc4s3)ccc21. The van der Waals surface area contributed by atoms with Crippen LogP contribution in [-0.2, 0) is 11.2 Å². The summed E-state index contributed by atoms with van der Waals surface area (Å²) >= 11 is 1.14. The number of halogens is 3. The van der Waals surface area contributed by atoms with Crippen molar-refractivity contribution >= 4 is 44.2 Å². The molecule has 1 N–H and O–H groups in total. The fourth-order valence-electron chi connectivity index (χ4n) is 3.38. The van der Waals surface area contributed by atoms with Gasteiger partial charge < -0.3 is 9.64 Å². The van der Waals surface area contributed by atoms with E-state index in [4.69, 9.17) is 4.74 Å². The second-order valence-electron chi connectivity index (χ2n) is 7.00. The highest BCUT2D eigenvalue weighted by Crippen LogP contribution is 2.32. The summed E-state index contributed by atoms with van der Waals surface area (Å²) in [6.45, 7) is 1.04. The van der Waals surface area contributed by atoms with Gasteiger partial charge in [-0.05, 0) is 48.4 Å². The summed E-state index contributed by atoms with van der Waals surface area (Å²) in [6, 6.07) is 9.61. The number of nitrogens with one attached hydrogen (secondary N) is 1. The van der Waals surface area contributed by atoms with Gasteiger partial charge >= 0.3 is 6.18 Å². The Morgan fingerprint density at radius 1 is 1.23 bits per heavy atom. The lowest BCUT2D eigenvalue weighted by Crippen LogP contribution is -2.27. The number of anilines is 2. The third-order valence-corrected chi connectivity index (χ3v) is 5.76. The molecule has 1 aliphatic heterocycles. The zero-order valence-corrected chi connectivity index (χ0v) is 17.3. The molecule has 0 atom stereocenters. The Morgan fingerprint density at radius 3 is 2.77 bits per heavy atom. The molecule has 0 saturated heterocycles. The Bertz CT molecular complexity index is 1160. The third-order valence-electron chi connectivity index (χ3n) is 4.82. The Hall–Kier alpha value is -3.14. The van der Waals surface area contributed by atoms with Gasteiger partial charge in [0.25, 0.3) is 5.91 Å². The van der Waals surface area contributed by atoms with Crippen LogP contribution in [0.15, 0.2) is 36.4 Å². The van der Waals surface area contributed by atoms with E-state index in [1.807, 2.05) is 6.92 Å². The number of nitrogens with zero attached hydrogens (tertiary/aromatic N) is 2. The van der Waals surface area contributed by atoms with Crippen LogP contribution in [0, 0.1) is 0 Å². The normalized spacial score (nSPS) is 13.4. The highest BCUT2D eigenvalue weighted by molar-refractivity contribution is 7.22. The number of thiazole rings is 1. The molecule has 0 spiro atoms. The van der Waals surface area contributed by atoms with Gasteiger partial charge in [-0.25, -0.2) is 4.98 Å². The average molecular weight is 449 g/mol. The lowest BCUT2D eigenvalue weighted by Gasteiger charge is -2.16. The van der Waals surface area contributed by atoms with Gasteiger partial charge in [0.15, 0.2) is 11.7 Å². The number of fused-ring (bicyclic) bond motifs is 2. The molecule has 162 valence electrons. The largest absolute Gasteiger partial charge is 0.484 e. The zero-order valence-electron chi connectivity index (χ0n) is 16.5. The maximum absolute atomic E-state index is 12.7. The van der Waals surface area contributed by atoms with E-state index < -0.39 is 12.8 Å². The second kappa shape index (κ2) is 8.18. The topological polar surface area (TPSA) is 71.5 Å². The summed E-state index contributed by atoms with van der Waals surface area (Å²) in [7, 11) is 0. The van der Waals surface area contributed by atoms with Gasteiger partial charge in [0.05, 0.1) is 10.2 Å². The van der Waals surface area contributed by atoms with E-state index in [-0.39, 0.29) is 17.6 Å². The molecular weight excluding hydrogens is 431 g/mol. The van der Waals surface area contributed by atoms with Gasteiger partial charge in [-0.15, -0.1) is 0 Å². The number of amides is 2. The maximum Gasteiger partial charge on any atom is 0.422 e. The van der Waals surface area contributed by atoms with Crippen molar-refractivity contribution in [2.75, 3.05) is 23.4 Å². The van der Waals surface area contributed by atoms with Gasteiger partial charge in [-0.3, -0.25) is 14.9 Å². The minimum Gasteiger partial charge on any atom is -0.484 e. The molecule has 31 heavy (non-hydrogen) atoms. The van der Waals surface area contributed by atoms with Crippen LogP contribution in [0.25, 0.3) is 10.2 Å². The van der Waals surface area contributed by atoms with Crippen LogP contribution in [-0.4, -0.2) is 36.1 Å². The van der Waals surface area contributed by atoms with E-state index in [1.165, 1.54) is 12.1 Å². The first kappa shape index (κ1) is 21.1. The Balaban J connectivity index is 1.48. The summed E-state index contributed by atoms with van der Waals surface area (Å²) in [5, 5.41) is 3.06. The second-order valence-corrected chi connectivity index (χ2v) is 8.03. The smallest absolute Gasteiger partial charge is 0.422 e. The first-order valence-electron chi connectivity index (χ1n) is 9.58. The molecule has 2 aromatic carbocycles. The minimum atomic E-state index is -4.42. The summed E-state index contributed by atoms with van der Waals surface area (Å²) < 4.78 is 42.3. The van der Waals surface area contributed by atoms with Crippen LogP contribution in [0.1, 0.15) is 29.3 Å². The predicted molar refractivity (Wildman–Crippen MR) is 112 cm³/mol. The zero-order chi connectivity index (χ0) is 22.2. The molecule has 0 saturated carbocycles. The molecule has 1 aromatic heterocycles. The molecule has 2 heterocycles. The number of aromatic nitrogens is 1. The number of benzene rings is 2. The molecule has 0 radical (unpaired) electrons. The quantitative estimate of drug-likeness (QED) is 0.608. The summed E-state index contributed by atoms with van der Waals surface area (Å²) in [5.74, 6) is -0.226. The summed E-state index contributed by atoms with van der Waals surface area (Å²) in [4.78, 5) is 30.7. The van der Waals surface area contributed by atoms with Crippen LogP contribution in [0.4, 0.5) is 24.0 Å². The highest BCUT2D eigenvalue weighted by Gasteiger charge is 2.28. The Kier molecular flexibility index (Phi) is 5.57. The van der Waals surface area contributed by atoms with Crippen molar-refractivity contribution in [3.8, 4) is 5.75 Å². The molecule has 4 rings (SSSR count). The van der Waals surface area contributed by atoms with E-state index in [9.17, 15) is 22.8 Å². The van der Waals surface area contributed by atoms with Crippen molar-refractivity contribution in [1.82, 2.24) is 4.98 Å². The van der Waals surface area contributed by atoms with Crippen LogP contribution in [0.5, 0.6) is 5.75 Å². The number of hydrogen-bond donors (Lipinski definition) is 1. The Morgan fingerprint density at radius 2 is 2.03 bits per heavy atom. The minimum absolute atomic E-state index is 0.0454. The Labute approximate surface area is 179 Å². The number of carbonyl (C=O) groups is 2. The van der Waals surface area contributed by atoms with E-state index in [0.717, 1.165) is 22.6 Å². The monoisotopic (exact) mass is 449 g/mol. The van der Waals surface area contributed by atoms with Gasteiger partial charge in [0.1, 0.15) is 5.75 Å². The van der Waals surface area contributed by atoms with Crippen LogP contribution < -0.4 is 15.0 Å². The maximum atomic E-state index is 12.7. The van der Waals surface area contributed by atoms with Crippen LogP contribution in [0.3, 0.4) is 0 Å². The number of carbonyl (C=O) groups excluding carboxylic acids is 2. The van der Waals surface area contributed by atoms with Crippen LogP contribution >= 0.6 is 11.3 Å². The van der Waals surface area contributed by atoms with E-state index in [2.05, 4.69) is 10.3 Å². The molecule has 0 bridgehead atoms. The molecule has 1 aliphatic rings. The summed E-state index contributed by atoms with van der Waals surface area (Å²) in [5.41, 5.74) is 2.75. The molecule has 0 fully saturated rings. The molecular formula is C21H18F3N3O3S. The third kappa shape index (κ3) is 4.63. The number of rotatable bonds is 5. The predicted octanol–water partition coefficient (Wildman–Crippen LogP) is 4.79. The number of ether oxygens (including phenoxy) is 1. The van der Waals surface area contributed by atoms with Crippen molar-refractivity contribution in [2.45, 2.75) is 25.9 Å². The highest BCUT2D eigenvalue weighted by atomic mass is 32.1. The van der Waals surface area contributed by atoms with Crippen LogP contribution in [0.2, 0.25) is 0 Å². The van der Waals surface area contributed by atoms with Gasteiger partial charge in [0, 0.05) is 24.2 Å². The first-order valence-corrected chi connectivity index (χ1v) is 10.4. The van der Waals surface area contributed by atoms with Crippen molar-refractivity contribution in [3.05, 3.63) is 47.5 Å². The standard InChI is InChI=1S/C21H18F3N3O3S/c1-2-18(28)27-8-7-12-9-13(3-6-16(12)27)19(29)26-20-25-15-5-4-14(10-17(15)31-20)30-11-21(22,23)24/h3-6,9-10H,2,7-8,11H2,1H3,(H,25,26,29). The van der Waals surface area contributed by atoms with Crippen molar-refractivity contribution in [2.24, 2.45) is 0 Å². The lowest BCUT2D eigenvalue weighted by molar-refractivity contribution is -0.153. The number of alkyl halides is 3. The average Bonchev–Trinajstić information content (AvgIpc) is 3.33. The van der Waals surface area contributed by atoms with Crippen molar-refractivity contribution in [3.63, 3.8) is 0 Å². The number of hydrogen-bond acceptors (Lipinski definition) is 5. The van der Waals surface area contributed by atoms with Gasteiger partial charge in [0.2, 0.25) is 5.91 Å². The summed E-state index contributed by atoms with van der Waals surface area (Å²) in [6.07, 6.45) is -3.31. The molecule has 2 amide bonds. The van der Waals surface area contributed by atoms with Crippen molar-refractivity contribution in [1.29, 1.82) is 0 Å². The lowest BCUT2D eigenvalue weighted by atomic mass is 10.1. The fourth-order valence-corrected chi connectivity index (χ4v) is 4.26.